The van der Waals surface area contributed by atoms with Gasteiger partial charge in [-0.3, -0.25) is 9.97 Å². The number of rotatable bonds is 3. The highest BCUT2D eigenvalue weighted by atomic mass is 16.5. The second-order valence-electron chi connectivity index (χ2n) is 3.42. The van der Waals surface area contributed by atoms with E-state index in [0.717, 1.165) is 17.1 Å². The van der Waals surface area contributed by atoms with Crippen molar-refractivity contribution >= 4 is 0 Å². The van der Waals surface area contributed by atoms with Crippen LogP contribution in [0.2, 0.25) is 0 Å². The normalized spacial score (nSPS) is 10.1. The lowest BCUT2D eigenvalue weighted by Gasteiger charge is -2.06. The zero-order valence-electron chi connectivity index (χ0n) is 9.05. The van der Waals surface area contributed by atoms with Crippen molar-refractivity contribution in [3.05, 3.63) is 48.0 Å². The highest BCUT2D eigenvalue weighted by Crippen LogP contribution is 2.20. The largest absolute Gasteiger partial charge is 0.456 e. The van der Waals surface area contributed by atoms with Crippen LogP contribution in [0.3, 0.4) is 0 Å². The van der Waals surface area contributed by atoms with E-state index >= 15 is 0 Å². The summed E-state index contributed by atoms with van der Waals surface area (Å²) >= 11 is 0. The SMILES string of the molecule is Cc1ccc(Oc2ccnc(CN)c2)cn1. The van der Waals surface area contributed by atoms with Gasteiger partial charge in [0.15, 0.2) is 0 Å². The number of nitrogens with two attached hydrogens (primary N) is 1. The number of aromatic nitrogens is 2. The van der Waals surface area contributed by atoms with E-state index in [1.54, 1.807) is 18.5 Å². The number of nitrogens with zero attached hydrogens (tertiary/aromatic N) is 2. The molecule has 0 bridgehead atoms. The van der Waals surface area contributed by atoms with Crippen molar-refractivity contribution in [3.8, 4) is 11.5 Å². The summed E-state index contributed by atoms with van der Waals surface area (Å²) < 4.78 is 5.62. The van der Waals surface area contributed by atoms with Crippen molar-refractivity contribution in [2.45, 2.75) is 13.5 Å². The Kier molecular flexibility index (Phi) is 3.12. The minimum absolute atomic E-state index is 0.406. The van der Waals surface area contributed by atoms with Crippen LogP contribution in [0.4, 0.5) is 0 Å². The zero-order chi connectivity index (χ0) is 11.4. The first-order valence-electron chi connectivity index (χ1n) is 5.03. The summed E-state index contributed by atoms with van der Waals surface area (Å²) in [5.74, 6) is 1.43. The minimum atomic E-state index is 0.406. The fourth-order valence-corrected chi connectivity index (χ4v) is 1.28. The quantitative estimate of drug-likeness (QED) is 0.851. The van der Waals surface area contributed by atoms with Crippen LogP contribution in [0, 0.1) is 6.92 Å². The molecule has 2 heterocycles. The predicted molar refractivity (Wildman–Crippen MR) is 61.2 cm³/mol. The maximum absolute atomic E-state index is 5.62. The first kappa shape index (κ1) is 10.6. The van der Waals surface area contributed by atoms with Crippen molar-refractivity contribution in [2.75, 3.05) is 0 Å². The highest BCUT2D eigenvalue weighted by molar-refractivity contribution is 5.30. The van der Waals surface area contributed by atoms with Crippen LogP contribution in [0.1, 0.15) is 11.4 Å². The van der Waals surface area contributed by atoms with Gasteiger partial charge in [-0.1, -0.05) is 0 Å². The Bertz CT molecular complexity index is 468. The van der Waals surface area contributed by atoms with Gasteiger partial charge in [0.2, 0.25) is 0 Å². The summed E-state index contributed by atoms with van der Waals surface area (Å²) in [5.41, 5.74) is 7.27. The summed E-state index contributed by atoms with van der Waals surface area (Å²) in [6.45, 7) is 2.34. The van der Waals surface area contributed by atoms with E-state index in [2.05, 4.69) is 9.97 Å². The summed E-state index contributed by atoms with van der Waals surface area (Å²) in [6, 6.07) is 7.39. The van der Waals surface area contributed by atoms with Crippen LogP contribution in [0.15, 0.2) is 36.7 Å². The predicted octanol–water partition coefficient (Wildman–Crippen LogP) is 2.04. The van der Waals surface area contributed by atoms with Crippen molar-refractivity contribution in [3.63, 3.8) is 0 Å². The van der Waals surface area contributed by atoms with Crippen LogP contribution < -0.4 is 10.5 Å². The number of ether oxygens (including phenoxy) is 1. The monoisotopic (exact) mass is 215 g/mol. The molecule has 2 aromatic rings. The molecule has 82 valence electrons. The van der Waals surface area contributed by atoms with Gasteiger partial charge in [-0.2, -0.15) is 0 Å². The molecule has 0 spiro atoms. The first-order chi connectivity index (χ1) is 7.78. The van der Waals surface area contributed by atoms with E-state index in [0.29, 0.717) is 12.3 Å². The minimum Gasteiger partial charge on any atom is -0.456 e. The third kappa shape index (κ3) is 2.55. The van der Waals surface area contributed by atoms with E-state index < -0.39 is 0 Å². The van der Waals surface area contributed by atoms with Crippen molar-refractivity contribution in [2.24, 2.45) is 5.73 Å². The van der Waals surface area contributed by atoms with Crippen LogP contribution in [0.25, 0.3) is 0 Å². The summed E-state index contributed by atoms with van der Waals surface area (Å²) in [7, 11) is 0. The van der Waals surface area contributed by atoms with Crippen LogP contribution >= 0.6 is 0 Å². The average molecular weight is 215 g/mol. The fraction of sp³-hybridized carbons (Fsp3) is 0.167. The Morgan fingerprint density at radius 1 is 1.19 bits per heavy atom. The van der Waals surface area contributed by atoms with E-state index in [9.17, 15) is 0 Å². The van der Waals surface area contributed by atoms with E-state index in [1.807, 2.05) is 25.1 Å². The Labute approximate surface area is 94.1 Å². The number of hydrogen-bond acceptors (Lipinski definition) is 4. The lowest BCUT2D eigenvalue weighted by atomic mass is 10.3. The Morgan fingerprint density at radius 2 is 2.06 bits per heavy atom. The molecule has 0 aliphatic rings. The maximum atomic E-state index is 5.62. The zero-order valence-corrected chi connectivity index (χ0v) is 9.05. The molecule has 0 radical (unpaired) electrons. The van der Waals surface area contributed by atoms with Crippen molar-refractivity contribution in [1.29, 1.82) is 0 Å². The summed E-state index contributed by atoms with van der Waals surface area (Å²) in [4.78, 5) is 8.25. The molecule has 0 aliphatic heterocycles. The van der Waals surface area contributed by atoms with Gasteiger partial charge in [-0.05, 0) is 25.1 Å². The molecular weight excluding hydrogens is 202 g/mol. The average Bonchev–Trinajstić information content (AvgIpc) is 2.32. The topological polar surface area (TPSA) is 61.0 Å². The molecule has 0 fully saturated rings. The Hall–Kier alpha value is -1.94. The molecule has 2 rings (SSSR count). The van der Waals surface area contributed by atoms with Gasteiger partial charge in [0.1, 0.15) is 11.5 Å². The molecule has 4 heteroatoms. The second-order valence-corrected chi connectivity index (χ2v) is 3.42. The lowest BCUT2D eigenvalue weighted by molar-refractivity contribution is 0.478. The molecule has 0 aliphatic carbocycles. The van der Waals surface area contributed by atoms with E-state index in [1.165, 1.54) is 0 Å². The standard InChI is InChI=1S/C12H13N3O/c1-9-2-3-12(8-15-9)16-11-4-5-14-10(6-11)7-13/h2-6,8H,7,13H2,1H3. The molecule has 2 N–H and O–H groups in total. The van der Waals surface area contributed by atoms with Gasteiger partial charge >= 0.3 is 0 Å². The molecule has 4 nitrogen and oxygen atoms in total. The van der Waals surface area contributed by atoms with Crippen molar-refractivity contribution in [1.82, 2.24) is 9.97 Å². The molecule has 0 unspecified atom stereocenters. The van der Waals surface area contributed by atoms with E-state index in [4.69, 9.17) is 10.5 Å². The fourth-order valence-electron chi connectivity index (χ4n) is 1.28. The van der Waals surface area contributed by atoms with Gasteiger partial charge in [-0.25, -0.2) is 0 Å². The number of pyridine rings is 2. The van der Waals surface area contributed by atoms with Gasteiger partial charge in [-0.15, -0.1) is 0 Å². The lowest BCUT2D eigenvalue weighted by Crippen LogP contribution is -1.99. The highest BCUT2D eigenvalue weighted by Gasteiger charge is 1.99. The van der Waals surface area contributed by atoms with E-state index in [-0.39, 0.29) is 0 Å². The number of aryl methyl sites for hydroxylation is 1. The third-order valence-corrected chi connectivity index (χ3v) is 2.12. The molecular formula is C12H13N3O. The van der Waals surface area contributed by atoms with Crippen LogP contribution in [-0.2, 0) is 6.54 Å². The summed E-state index contributed by atoms with van der Waals surface area (Å²) in [6.07, 6.45) is 3.37. The van der Waals surface area contributed by atoms with Gasteiger partial charge in [0.05, 0.1) is 11.9 Å². The first-order valence-corrected chi connectivity index (χ1v) is 5.03. The van der Waals surface area contributed by atoms with Crippen molar-refractivity contribution < 1.29 is 4.74 Å². The third-order valence-electron chi connectivity index (χ3n) is 2.12. The molecule has 16 heavy (non-hydrogen) atoms. The molecule has 2 aromatic heterocycles. The molecule has 0 saturated heterocycles. The summed E-state index contributed by atoms with van der Waals surface area (Å²) in [5, 5.41) is 0. The van der Waals surface area contributed by atoms with Gasteiger partial charge < -0.3 is 10.5 Å². The molecule has 0 aromatic carbocycles. The van der Waals surface area contributed by atoms with Crippen LogP contribution in [-0.4, -0.2) is 9.97 Å². The Balaban J connectivity index is 2.16. The second kappa shape index (κ2) is 4.72. The molecule has 0 atom stereocenters. The molecule has 0 amide bonds. The molecule has 0 saturated carbocycles. The number of hydrogen-bond donors (Lipinski definition) is 1. The Morgan fingerprint density at radius 3 is 2.75 bits per heavy atom. The van der Waals surface area contributed by atoms with Gasteiger partial charge in [0.25, 0.3) is 0 Å². The van der Waals surface area contributed by atoms with Gasteiger partial charge in [0, 0.05) is 24.5 Å². The smallest absolute Gasteiger partial charge is 0.145 e. The maximum Gasteiger partial charge on any atom is 0.145 e. The van der Waals surface area contributed by atoms with Crippen LogP contribution in [0.5, 0.6) is 11.5 Å².